The number of benzene rings is 2. The van der Waals surface area contributed by atoms with Gasteiger partial charge in [-0.3, -0.25) is 9.79 Å². The summed E-state index contributed by atoms with van der Waals surface area (Å²) in [6.45, 7) is 1.54. The number of carbonyl (C=O) groups is 1. The monoisotopic (exact) mass is 494 g/mol. The van der Waals surface area contributed by atoms with E-state index in [1.807, 2.05) is 42.5 Å². The summed E-state index contributed by atoms with van der Waals surface area (Å²) in [6.07, 6.45) is 3.39. The van der Waals surface area contributed by atoms with Crippen LogP contribution in [0.4, 0.5) is 11.5 Å². The van der Waals surface area contributed by atoms with Crippen molar-refractivity contribution in [1.82, 2.24) is 4.98 Å². The fourth-order valence-corrected chi connectivity index (χ4v) is 4.76. The second-order valence-corrected chi connectivity index (χ2v) is 9.44. The Morgan fingerprint density at radius 3 is 2.59 bits per heavy atom. The van der Waals surface area contributed by atoms with E-state index in [1.165, 1.54) is 0 Å². The van der Waals surface area contributed by atoms with Gasteiger partial charge in [-0.15, -0.1) is 0 Å². The minimum absolute atomic E-state index is 0.199. The van der Waals surface area contributed by atoms with Gasteiger partial charge in [0.2, 0.25) is 5.91 Å². The summed E-state index contributed by atoms with van der Waals surface area (Å²) < 4.78 is 0. The predicted molar refractivity (Wildman–Crippen MR) is 136 cm³/mol. The molecule has 2 aliphatic heterocycles. The van der Waals surface area contributed by atoms with E-state index >= 15 is 0 Å². The van der Waals surface area contributed by atoms with Crippen molar-refractivity contribution >= 4 is 46.3 Å². The van der Waals surface area contributed by atoms with Crippen LogP contribution in [0.15, 0.2) is 65.8 Å². The molecule has 2 aliphatic rings. The Morgan fingerprint density at radius 2 is 1.85 bits per heavy atom. The van der Waals surface area contributed by atoms with Crippen LogP contribution in [0.25, 0.3) is 0 Å². The number of fused-ring (bicyclic) bond motifs is 1. The summed E-state index contributed by atoms with van der Waals surface area (Å²) in [4.78, 5) is 24.8. The highest BCUT2D eigenvalue weighted by atomic mass is 35.5. The number of hydrogen-bond acceptors (Lipinski definition) is 5. The number of amides is 1. The maximum Gasteiger partial charge on any atom is 0.249 e. The zero-order valence-corrected chi connectivity index (χ0v) is 19.9. The molecular formula is C26H24Cl2N4O2. The van der Waals surface area contributed by atoms with Crippen molar-refractivity contribution in [1.29, 1.82) is 0 Å². The Kier molecular flexibility index (Phi) is 6.55. The third-order valence-electron chi connectivity index (χ3n) is 6.26. The molecule has 5 rings (SSSR count). The molecule has 1 saturated heterocycles. The maximum atomic E-state index is 13.1. The van der Waals surface area contributed by atoms with E-state index in [9.17, 15) is 9.90 Å². The van der Waals surface area contributed by atoms with Gasteiger partial charge < -0.3 is 15.3 Å². The number of hydrogen-bond donors (Lipinski definition) is 2. The van der Waals surface area contributed by atoms with Gasteiger partial charge in [0.25, 0.3) is 0 Å². The number of aliphatic hydroxyl groups excluding tert-OH is 1. The highest BCUT2D eigenvalue weighted by Gasteiger charge is 2.27. The van der Waals surface area contributed by atoms with Crippen molar-refractivity contribution < 1.29 is 9.90 Å². The van der Waals surface area contributed by atoms with E-state index in [1.54, 1.807) is 18.3 Å². The van der Waals surface area contributed by atoms with Gasteiger partial charge in [-0.05, 0) is 54.8 Å². The van der Waals surface area contributed by atoms with Crippen LogP contribution in [0.2, 0.25) is 10.0 Å². The summed E-state index contributed by atoms with van der Waals surface area (Å²) in [5.74, 6) is 0.660. The quantitative estimate of drug-likeness (QED) is 0.548. The van der Waals surface area contributed by atoms with Gasteiger partial charge in [0.15, 0.2) is 0 Å². The Labute approximate surface area is 208 Å². The molecule has 2 aromatic carbocycles. The molecule has 1 amide bonds. The zero-order valence-electron chi connectivity index (χ0n) is 18.4. The standard InChI is InChI=1S/C26H24Cl2N4O2/c27-18-6-7-22-20(14-18)25(17-5-8-24(29-15-17)32-11-9-19(33)10-12-32)30-23(26(34)31-22)13-16-3-1-2-4-21(16)28/h1-8,14-15,19,23,33H,9-13H2,(H,31,34). The molecule has 3 aromatic rings. The molecule has 0 saturated carbocycles. The number of benzodiazepines with no additional fused rings is 1. The van der Waals surface area contributed by atoms with Crippen LogP contribution in [-0.2, 0) is 11.2 Å². The fourth-order valence-electron chi connectivity index (χ4n) is 4.37. The lowest BCUT2D eigenvalue weighted by atomic mass is 10.0. The van der Waals surface area contributed by atoms with E-state index in [0.29, 0.717) is 27.9 Å². The zero-order chi connectivity index (χ0) is 23.7. The van der Waals surface area contributed by atoms with Gasteiger partial charge in [0, 0.05) is 46.9 Å². The van der Waals surface area contributed by atoms with Crippen LogP contribution in [0.5, 0.6) is 0 Å². The average molecular weight is 495 g/mol. The van der Waals surface area contributed by atoms with Gasteiger partial charge in [0.05, 0.1) is 17.5 Å². The lowest BCUT2D eigenvalue weighted by molar-refractivity contribution is -0.117. The second kappa shape index (κ2) is 9.74. The number of piperidine rings is 1. The summed E-state index contributed by atoms with van der Waals surface area (Å²) in [6, 6.07) is 16.1. The van der Waals surface area contributed by atoms with Gasteiger partial charge in [-0.2, -0.15) is 0 Å². The number of anilines is 2. The number of halogens is 2. The lowest BCUT2D eigenvalue weighted by Crippen LogP contribution is -2.36. The van der Waals surface area contributed by atoms with Crippen molar-refractivity contribution in [3.8, 4) is 0 Å². The molecule has 6 nitrogen and oxygen atoms in total. The normalized spacial score (nSPS) is 18.7. The molecule has 0 radical (unpaired) electrons. The lowest BCUT2D eigenvalue weighted by Gasteiger charge is -2.30. The van der Waals surface area contributed by atoms with Crippen LogP contribution in [0.1, 0.15) is 29.5 Å². The SMILES string of the molecule is O=C1Nc2ccc(Cl)cc2C(c2ccc(N3CCC(O)CC3)nc2)=NC1Cc1ccccc1Cl. The molecule has 0 aliphatic carbocycles. The Balaban J connectivity index is 1.52. The van der Waals surface area contributed by atoms with Crippen LogP contribution in [0, 0.1) is 0 Å². The van der Waals surface area contributed by atoms with E-state index in [0.717, 1.165) is 48.4 Å². The number of aliphatic hydroxyl groups is 1. The maximum absolute atomic E-state index is 13.1. The molecule has 0 spiro atoms. The molecule has 0 bridgehead atoms. The minimum atomic E-state index is -0.663. The summed E-state index contributed by atoms with van der Waals surface area (Å²) >= 11 is 12.7. The van der Waals surface area contributed by atoms with Crippen LogP contribution < -0.4 is 10.2 Å². The predicted octanol–water partition coefficient (Wildman–Crippen LogP) is 4.75. The number of aromatic nitrogens is 1. The van der Waals surface area contributed by atoms with Gasteiger partial charge >= 0.3 is 0 Å². The first-order valence-corrected chi connectivity index (χ1v) is 12.0. The number of pyridine rings is 1. The van der Waals surface area contributed by atoms with E-state index in [-0.39, 0.29) is 12.0 Å². The summed E-state index contributed by atoms with van der Waals surface area (Å²) in [5, 5.41) is 13.9. The van der Waals surface area contributed by atoms with Crippen molar-refractivity contribution in [2.75, 3.05) is 23.3 Å². The number of aliphatic imine (C=N–C) groups is 1. The third kappa shape index (κ3) is 4.80. The van der Waals surface area contributed by atoms with E-state index in [2.05, 4.69) is 15.2 Å². The smallest absolute Gasteiger partial charge is 0.249 e. The molecule has 2 N–H and O–H groups in total. The number of carbonyl (C=O) groups excluding carboxylic acids is 1. The number of rotatable bonds is 4. The molecule has 174 valence electrons. The van der Waals surface area contributed by atoms with Crippen molar-refractivity contribution in [2.45, 2.75) is 31.4 Å². The highest BCUT2D eigenvalue weighted by molar-refractivity contribution is 6.32. The molecule has 34 heavy (non-hydrogen) atoms. The topological polar surface area (TPSA) is 77.8 Å². The van der Waals surface area contributed by atoms with E-state index < -0.39 is 6.04 Å². The average Bonchev–Trinajstić information content (AvgIpc) is 2.97. The minimum Gasteiger partial charge on any atom is -0.393 e. The Morgan fingerprint density at radius 1 is 1.06 bits per heavy atom. The third-order valence-corrected chi connectivity index (χ3v) is 6.87. The summed E-state index contributed by atoms with van der Waals surface area (Å²) in [7, 11) is 0. The van der Waals surface area contributed by atoms with E-state index in [4.69, 9.17) is 28.2 Å². The number of nitrogens with zero attached hydrogens (tertiary/aromatic N) is 3. The molecule has 1 unspecified atom stereocenters. The first-order chi connectivity index (χ1) is 16.5. The first-order valence-electron chi connectivity index (χ1n) is 11.3. The molecule has 1 atom stereocenters. The number of nitrogens with one attached hydrogen (secondary N) is 1. The van der Waals surface area contributed by atoms with Gasteiger partial charge in [-0.1, -0.05) is 41.4 Å². The molecule has 8 heteroatoms. The van der Waals surface area contributed by atoms with Gasteiger partial charge in [-0.25, -0.2) is 4.98 Å². The van der Waals surface area contributed by atoms with Crippen LogP contribution in [-0.4, -0.2) is 46.9 Å². The second-order valence-electron chi connectivity index (χ2n) is 8.59. The molecule has 3 heterocycles. The highest BCUT2D eigenvalue weighted by Crippen LogP contribution is 2.29. The largest absolute Gasteiger partial charge is 0.393 e. The van der Waals surface area contributed by atoms with Crippen LogP contribution in [0.3, 0.4) is 0 Å². The van der Waals surface area contributed by atoms with Crippen LogP contribution >= 0.6 is 23.2 Å². The molecular weight excluding hydrogens is 471 g/mol. The molecule has 1 aromatic heterocycles. The van der Waals surface area contributed by atoms with Gasteiger partial charge in [0.1, 0.15) is 11.9 Å². The first kappa shape index (κ1) is 22.8. The summed E-state index contributed by atoms with van der Waals surface area (Å²) in [5.41, 5.74) is 3.71. The Hall–Kier alpha value is -2.93. The fraction of sp³-hybridized carbons (Fsp3) is 0.269. The van der Waals surface area contributed by atoms with Crippen molar-refractivity contribution in [2.24, 2.45) is 4.99 Å². The Bertz CT molecular complexity index is 1240. The van der Waals surface area contributed by atoms with Crippen molar-refractivity contribution in [3.05, 3.63) is 87.5 Å². The van der Waals surface area contributed by atoms with Crippen molar-refractivity contribution in [3.63, 3.8) is 0 Å². The molecule has 1 fully saturated rings.